The molecule has 22 heavy (non-hydrogen) atoms. The maximum Gasteiger partial charge on any atom is 0.222 e. The highest BCUT2D eigenvalue weighted by Gasteiger charge is 2.31. The number of fused-ring (bicyclic) bond motifs is 2. The molecule has 1 atom stereocenters. The SMILES string of the molecule is NC(=O)C1CCN(c2c3c(nc4ccnn24)CCNCC3)C1. The minimum Gasteiger partial charge on any atom is -0.369 e. The Hall–Kier alpha value is -2.15. The van der Waals surface area contributed by atoms with Gasteiger partial charge in [0.1, 0.15) is 5.82 Å². The summed E-state index contributed by atoms with van der Waals surface area (Å²) < 4.78 is 1.91. The molecule has 0 saturated carbocycles. The van der Waals surface area contributed by atoms with E-state index >= 15 is 0 Å². The van der Waals surface area contributed by atoms with E-state index in [9.17, 15) is 4.79 Å². The predicted molar refractivity (Wildman–Crippen MR) is 82.8 cm³/mol. The van der Waals surface area contributed by atoms with Crippen molar-refractivity contribution in [2.45, 2.75) is 19.3 Å². The normalized spacial score (nSPS) is 21.8. The molecule has 3 N–H and O–H groups in total. The van der Waals surface area contributed by atoms with Gasteiger partial charge in [-0.1, -0.05) is 0 Å². The Morgan fingerprint density at radius 1 is 1.36 bits per heavy atom. The van der Waals surface area contributed by atoms with Gasteiger partial charge in [-0.25, -0.2) is 4.98 Å². The van der Waals surface area contributed by atoms with Gasteiger partial charge in [0.2, 0.25) is 5.91 Å². The highest BCUT2D eigenvalue weighted by atomic mass is 16.1. The zero-order chi connectivity index (χ0) is 15.1. The van der Waals surface area contributed by atoms with Gasteiger partial charge in [-0.3, -0.25) is 4.79 Å². The first-order valence-electron chi connectivity index (χ1n) is 7.84. The van der Waals surface area contributed by atoms with Crippen LogP contribution in [0.5, 0.6) is 0 Å². The van der Waals surface area contributed by atoms with Crippen LogP contribution in [0.4, 0.5) is 5.82 Å². The molecular weight excluding hydrogens is 280 g/mol. The van der Waals surface area contributed by atoms with Crippen molar-refractivity contribution in [3.8, 4) is 0 Å². The molecule has 2 aliphatic rings. The van der Waals surface area contributed by atoms with Crippen molar-refractivity contribution in [2.24, 2.45) is 11.7 Å². The molecule has 1 saturated heterocycles. The van der Waals surface area contributed by atoms with E-state index in [1.165, 1.54) is 5.56 Å². The Kier molecular flexibility index (Phi) is 3.22. The van der Waals surface area contributed by atoms with Crippen molar-refractivity contribution in [1.82, 2.24) is 19.9 Å². The summed E-state index contributed by atoms with van der Waals surface area (Å²) in [4.78, 5) is 18.5. The van der Waals surface area contributed by atoms with Crippen LogP contribution in [-0.4, -0.2) is 46.7 Å². The largest absolute Gasteiger partial charge is 0.369 e. The van der Waals surface area contributed by atoms with E-state index < -0.39 is 0 Å². The Bertz CT molecular complexity index is 724. The minimum atomic E-state index is -0.207. The lowest BCUT2D eigenvalue weighted by Crippen LogP contribution is -2.29. The number of hydrogen-bond acceptors (Lipinski definition) is 5. The van der Waals surface area contributed by atoms with Crippen molar-refractivity contribution in [2.75, 3.05) is 31.1 Å². The fourth-order valence-electron chi connectivity index (χ4n) is 3.52. The Balaban J connectivity index is 1.83. The van der Waals surface area contributed by atoms with Crippen LogP contribution in [0.25, 0.3) is 5.65 Å². The van der Waals surface area contributed by atoms with E-state index in [2.05, 4.69) is 15.3 Å². The standard InChI is InChI=1S/C15H20N6O/c16-14(22)10-4-8-20(9-10)15-11-1-5-17-6-2-12(11)19-13-3-7-18-21(13)15/h3,7,10,17H,1-2,4-6,8-9H2,(H2,16,22). The molecule has 2 aromatic rings. The maximum atomic E-state index is 11.5. The van der Waals surface area contributed by atoms with Crippen LogP contribution in [0.1, 0.15) is 17.7 Å². The van der Waals surface area contributed by atoms with E-state index in [-0.39, 0.29) is 11.8 Å². The topological polar surface area (TPSA) is 88.6 Å². The molecule has 1 unspecified atom stereocenters. The van der Waals surface area contributed by atoms with Crippen molar-refractivity contribution in [1.29, 1.82) is 0 Å². The molecule has 0 bridgehead atoms. The first-order valence-corrected chi connectivity index (χ1v) is 7.84. The number of nitrogens with zero attached hydrogens (tertiary/aromatic N) is 4. The van der Waals surface area contributed by atoms with E-state index in [1.54, 1.807) is 6.20 Å². The highest BCUT2D eigenvalue weighted by molar-refractivity contribution is 5.78. The van der Waals surface area contributed by atoms with E-state index in [4.69, 9.17) is 10.7 Å². The third kappa shape index (κ3) is 2.12. The quantitative estimate of drug-likeness (QED) is 0.797. The molecule has 1 fully saturated rings. The number of nitrogens with one attached hydrogen (secondary N) is 1. The van der Waals surface area contributed by atoms with Crippen LogP contribution in [0, 0.1) is 5.92 Å². The molecule has 0 radical (unpaired) electrons. The molecule has 2 aromatic heterocycles. The van der Waals surface area contributed by atoms with E-state index in [0.29, 0.717) is 6.54 Å². The average molecular weight is 300 g/mol. The molecule has 4 rings (SSSR count). The predicted octanol–water partition coefficient (Wildman–Crippen LogP) is -0.271. The van der Waals surface area contributed by atoms with Gasteiger partial charge >= 0.3 is 0 Å². The second-order valence-electron chi connectivity index (χ2n) is 6.05. The maximum absolute atomic E-state index is 11.5. The molecule has 1 amide bonds. The van der Waals surface area contributed by atoms with E-state index in [1.807, 2.05) is 10.6 Å². The summed E-state index contributed by atoms with van der Waals surface area (Å²) >= 11 is 0. The van der Waals surface area contributed by atoms with Crippen molar-refractivity contribution in [3.05, 3.63) is 23.5 Å². The van der Waals surface area contributed by atoms with Crippen molar-refractivity contribution < 1.29 is 4.79 Å². The number of rotatable bonds is 2. The van der Waals surface area contributed by atoms with E-state index in [0.717, 1.165) is 56.1 Å². The lowest BCUT2D eigenvalue weighted by atomic mass is 10.1. The number of nitrogens with two attached hydrogens (primary N) is 1. The fraction of sp³-hybridized carbons (Fsp3) is 0.533. The minimum absolute atomic E-state index is 0.0710. The summed E-state index contributed by atoms with van der Waals surface area (Å²) in [5.41, 5.74) is 8.76. The van der Waals surface area contributed by atoms with Crippen LogP contribution >= 0.6 is 0 Å². The molecule has 116 valence electrons. The number of aromatic nitrogens is 3. The first kappa shape index (κ1) is 13.5. The molecule has 7 nitrogen and oxygen atoms in total. The summed E-state index contributed by atoms with van der Waals surface area (Å²) in [5.74, 6) is 0.816. The molecule has 0 spiro atoms. The Morgan fingerprint density at radius 2 is 2.23 bits per heavy atom. The second kappa shape index (κ2) is 5.24. The Labute approximate surface area is 128 Å². The monoisotopic (exact) mass is 300 g/mol. The molecule has 2 aliphatic heterocycles. The first-order chi connectivity index (χ1) is 10.7. The van der Waals surface area contributed by atoms with Gasteiger partial charge in [-0.2, -0.15) is 9.61 Å². The number of carbonyl (C=O) groups is 1. The van der Waals surface area contributed by atoms with Gasteiger partial charge in [0, 0.05) is 37.7 Å². The average Bonchev–Trinajstić information content (AvgIpc) is 3.10. The summed E-state index contributed by atoms with van der Waals surface area (Å²) in [6.07, 6.45) is 4.46. The van der Waals surface area contributed by atoms with Crippen molar-refractivity contribution in [3.63, 3.8) is 0 Å². The zero-order valence-corrected chi connectivity index (χ0v) is 12.5. The molecule has 7 heteroatoms. The number of primary amides is 1. The van der Waals surface area contributed by atoms with Crippen LogP contribution in [0.15, 0.2) is 12.3 Å². The lowest BCUT2D eigenvalue weighted by molar-refractivity contribution is -0.121. The highest BCUT2D eigenvalue weighted by Crippen LogP contribution is 2.30. The molecular formula is C15H20N6O. The third-order valence-corrected chi connectivity index (χ3v) is 4.67. The summed E-state index contributed by atoms with van der Waals surface area (Å²) in [7, 11) is 0. The van der Waals surface area contributed by atoms with Gasteiger partial charge in [0.25, 0.3) is 0 Å². The zero-order valence-electron chi connectivity index (χ0n) is 12.5. The fourth-order valence-corrected chi connectivity index (χ4v) is 3.52. The third-order valence-electron chi connectivity index (χ3n) is 4.67. The van der Waals surface area contributed by atoms with Crippen LogP contribution < -0.4 is 16.0 Å². The summed E-state index contributed by atoms with van der Waals surface area (Å²) in [6.45, 7) is 3.41. The smallest absolute Gasteiger partial charge is 0.222 e. The van der Waals surface area contributed by atoms with Gasteiger partial charge in [-0.05, 0) is 19.4 Å². The molecule has 4 heterocycles. The summed E-state index contributed by atoms with van der Waals surface area (Å²) in [5, 5.41) is 7.87. The number of hydrogen-bond donors (Lipinski definition) is 2. The van der Waals surface area contributed by atoms with Gasteiger partial charge in [-0.15, -0.1) is 0 Å². The van der Waals surface area contributed by atoms with Crippen molar-refractivity contribution >= 4 is 17.4 Å². The van der Waals surface area contributed by atoms with Gasteiger partial charge < -0.3 is 16.0 Å². The van der Waals surface area contributed by atoms with Crippen LogP contribution in [0.3, 0.4) is 0 Å². The van der Waals surface area contributed by atoms with Gasteiger partial charge in [0.15, 0.2) is 5.65 Å². The number of amides is 1. The number of anilines is 1. The second-order valence-corrected chi connectivity index (χ2v) is 6.05. The Morgan fingerprint density at radius 3 is 3.05 bits per heavy atom. The van der Waals surface area contributed by atoms with Gasteiger partial charge in [0.05, 0.1) is 17.8 Å². The summed E-state index contributed by atoms with van der Waals surface area (Å²) in [6, 6.07) is 1.93. The van der Waals surface area contributed by atoms with Crippen LogP contribution in [-0.2, 0) is 17.6 Å². The lowest BCUT2D eigenvalue weighted by Gasteiger charge is -2.23. The molecule has 0 aromatic carbocycles. The van der Waals surface area contributed by atoms with Crippen LogP contribution in [0.2, 0.25) is 0 Å². The number of carbonyl (C=O) groups excluding carboxylic acids is 1. The molecule has 0 aliphatic carbocycles.